The number of para-hydroxylation sites is 1. The molecule has 1 aliphatic rings. The summed E-state index contributed by atoms with van der Waals surface area (Å²) in [6.45, 7) is 1.36. The fourth-order valence-electron chi connectivity index (χ4n) is 4.51. The van der Waals surface area contributed by atoms with Crippen molar-refractivity contribution in [2.45, 2.75) is 48.3 Å². The molecular formula is C28H29F4N5O3S. The molecule has 1 amide bonds. The van der Waals surface area contributed by atoms with Crippen molar-refractivity contribution in [3.8, 4) is 17.0 Å². The van der Waals surface area contributed by atoms with Gasteiger partial charge in [-0.2, -0.15) is 18.3 Å². The summed E-state index contributed by atoms with van der Waals surface area (Å²) in [5.41, 5.74) is 2.84. The Morgan fingerprint density at radius 3 is 2.61 bits per heavy atom. The summed E-state index contributed by atoms with van der Waals surface area (Å²) in [4.78, 5) is 17.2. The first-order valence-electron chi connectivity index (χ1n) is 12.9. The number of halogens is 4. The molecule has 4 N–H and O–H groups in total. The maximum Gasteiger partial charge on any atom is 0.390 e. The largest absolute Gasteiger partial charge is 0.504 e. The highest BCUT2D eigenvalue weighted by atomic mass is 32.3. The summed E-state index contributed by atoms with van der Waals surface area (Å²) >= 11 is 0. The van der Waals surface area contributed by atoms with Crippen LogP contribution >= 0.6 is 10.0 Å². The number of benzene rings is 2. The van der Waals surface area contributed by atoms with Crippen LogP contribution in [0.4, 0.5) is 23.2 Å². The molecule has 1 atom stereocenters. The van der Waals surface area contributed by atoms with Gasteiger partial charge in [0, 0.05) is 28.6 Å². The van der Waals surface area contributed by atoms with Crippen LogP contribution in [0.1, 0.15) is 35.2 Å². The molecule has 0 aliphatic heterocycles. The number of amides is 1. The lowest BCUT2D eigenvalue weighted by atomic mass is 10.0. The number of aryl methyl sites for hydroxylation is 1. The number of aliphatic hydroxyl groups is 1. The van der Waals surface area contributed by atoms with Crippen LogP contribution in [0.3, 0.4) is 0 Å². The number of alkyl halides is 3. The fraction of sp³-hybridized carbons (Fsp3) is 0.321. The van der Waals surface area contributed by atoms with E-state index < -0.39 is 46.7 Å². The number of aromatic hydroxyl groups is 1. The van der Waals surface area contributed by atoms with Gasteiger partial charge in [-0.3, -0.25) is 4.79 Å². The minimum Gasteiger partial charge on any atom is -0.504 e. The number of phenolic OH excluding ortho intramolecular Hbond substituents is 1. The topological polar surface area (TPSA) is 112 Å². The van der Waals surface area contributed by atoms with Crippen molar-refractivity contribution in [2.24, 2.45) is 0 Å². The number of imidazole rings is 1. The Kier molecular flexibility index (Phi) is 7.60. The summed E-state index contributed by atoms with van der Waals surface area (Å²) in [5.74, 6) is -2.18. The quantitative estimate of drug-likeness (QED) is 0.188. The van der Waals surface area contributed by atoms with E-state index in [1.807, 2.05) is 0 Å². The summed E-state index contributed by atoms with van der Waals surface area (Å²) in [5, 5.41) is 31.7. The van der Waals surface area contributed by atoms with Crippen LogP contribution in [0.15, 0.2) is 58.6 Å². The van der Waals surface area contributed by atoms with Crippen LogP contribution in [-0.2, 0) is 0 Å². The van der Waals surface area contributed by atoms with Crippen molar-refractivity contribution in [3.63, 3.8) is 0 Å². The Morgan fingerprint density at radius 2 is 1.95 bits per heavy atom. The third-order valence-electron chi connectivity index (χ3n) is 7.00. The lowest BCUT2D eigenvalue weighted by Gasteiger charge is -2.34. The van der Waals surface area contributed by atoms with Crippen LogP contribution in [0, 0.1) is 12.7 Å². The van der Waals surface area contributed by atoms with Crippen LogP contribution < -0.4 is 10.6 Å². The smallest absolute Gasteiger partial charge is 0.390 e. The van der Waals surface area contributed by atoms with Gasteiger partial charge in [-0.1, -0.05) is 12.1 Å². The normalized spacial score (nSPS) is 15.9. The zero-order chi connectivity index (χ0) is 29.5. The Balaban J connectivity index is 1.63. The van der Waals surface area contributed by atoms with Gasteiger partial charge in [0.25, 0.3) is 5.91 Å². The first-order valence-corrected chi connectivity index (χ1v) is 15.1. The zero-order valence-electron chi connectivity index (χ0n) is 22.3. The maximum absolute atomic E-state index is 14.3. The molecule has 1 aliphatic carbocycles. The Morgan fingerprint density at radius 1 is 1.20 bits per heavy atom. The molecule has 1 saturated carbocycles. The van der Waals surface area contributed by atoms with Crippen molar-refractivity contribution >= 4 is 27.3 Å². The van der Waals surface area contributed by atoms with Crippen LogP contribution in [0.5, 0.6) is 5.75 Å². The molecule has 8 nitrogen and oxygen atoms in total. The van der Waals surface area contributed by atoms with Gasteiger partial charge in [0.2, 0.25) is 0 Å². The lowest BCUT2D eigenvalue weighted by Crippen LogP contribution is -2.26. The predicted molar refractivity (Wildman–Crippen MR) is 148 cm³/mol. The predicted octanol–water partition coefficient (Wildman–Crippen LogP) is 5.61. The lowest BCUT2D eigenvalue weighted by molar-refractivity contribution is -0.131. The molecular weight excluding hydrogens is 562 g/mol. The van der Waals surface area contributed by atoms with E-state index in [4.69, 9.17) is 5.10 Å². The highest BCUT2D eigenvalue weighted by molar-refractivity contribution is 8.33. The SMILES string of the molecule is Cc1cc(-c2cnc3c(NCCC(F)(F)F)cc(S(C)(CO)c4cccc(F)c4O)nn23)ccc1C(=O)NC1CC1. The van der Waals surface area contributed by atoms with Crippen molar-refractivity contribution in [1.29, 1.82) is 0 Å². The van der Waals surface area contributed by atoms with E-state index in [0.717, 1.165) is 18.9 Å². The van der Waals surface area contributed by atoms with Gasteiger partial charge in [0.05, 0.1) is 29.9 Å². The molecule has 5 rings (SSSR count). The van der Waals surface area contributed by atoms with Gasteiger partial charge in [0.1, 0.15) is 5.03 Å². The molecule has 41 heavy (non-hydrogen) atoms. The van der Waals surface area contributed by atoms with Gasteiger partial charge in [-0.05, 0) is 61.9 Å². The molecule has 0 radical (unpaired) electrons. The number of hydrogen-bond donors (Lipinski definition) is 4. The molecule has 218 valence electrons. The molecule has 2 aromatic carbocycles. The first-order chi connectivity index (χ1) is 19.4. The van der Waals surface area contributed by atoms with E-state index in [1.165, 1.54) is 28.9 Å². The Hall–Kier alpha value is -3.84. The van der Waals surface area contributed by atoms with E-state index in [9.17, 15) is 32.6 Å². The van der Waals surface area contributed by atoms with Gasteiger partial charge >= 0.3 is 6.18 Å². The number of aromatic nitrogens is 3. The molecule has 0 bridgehead atoms. The van der Waals surface area contributed by atoms with Crippen LogP contribution in [0.25, 0.3) is 16.9 Å². The number of rotatable bonds is 9. The molecule has 2 heterocycles. The zero-order valence-corrected chi connectivity index (χ0v) is 23.1. The van der Waals surface area contributed by atoms with Gasteiger partial charge in [0.15, 0.2) is 17.2 Å². The molecule has 2 aromatic heterocycles. The standard InChI is InChI=1S/C28H29F4N5O3S/c1-16-12-17(6-9-19(16)27(40)35-18-7-8-18)22-14-34-26-21(33-11-10-28(30,31)32)13-24(36-37(22)26)41(2,15-38)23-5-3-4-20(29)25(23)39/h3-6,9,12-14,18,33,38-39H,7-8,10-11,15H2,1-2H3,(H,35,40). The Labute approximate surface area is 234 Å². The number of hydrogen-bond acceptors (Lipinski definition) is 6. The first kappa shape index (κ1) is 28.7. The molecule has 13 heteroatoms. The van der Waals surface area contributed by atoms with E-state index in [2.05, 4.69) is 15.6 Å². The third-order valence-corrected chi connectivity index (χ3v) is 9.94. The van der Waals surface area contributed by atoms with Gasteiger partial charge in [-0.15, -0.1) is 10.0 Å². The van der Waals surface area contributed by atoms with Crippen molar-refractivity contribution < 1.29 is 32.6 Å². The van der Waals surface area contributed by atoms with E-state index in [0.29, 0.717) is 22.4 Å². The molecule has 4 aromatic rings. The molecule has 0 spiro atoms. The van der Waals surface area contributed by atoms with E-state index >= 15 is 0 Å². The minimum absolute atomic E-state index is 0.136. The fourth-order valence-corrected chi connectivity index (χ4v) is 6.55. The molecule has 1 fully saturated rings. The maximum atomic E-state index is 14.3. The highest BCUT2D eigenvalue weighted by Crippen LogP contribution is 2.61. The van der Waals surface area contributed by atoms with Crippen LogP contribution in [-0.4, -0.2) is 61.7 Å². The second-order valence-electron chi connectivity index (χ2n) is 10.1. The van der Waals surface area contributed by atoms with Crippen molar-refractivity contribution in [1.82, 2.24) is 19.9 Å². The number of anilines is 1. The minimum atomic E-state index is -4.39. The number of fused-ring (bicyclic) bond motifs is 1. The number of nitrogens with one attached hydrogen (secondary N) is 2. The Bertz CT molecular complexity index is 1620. The number of carbonyl (C=O) groups is 1. The number of carbonyl (C=O) groups excluding carboxylic acids is 1. The van der Waals surface area contributed by atoms with Crippen molar-refractivity contribution in [3.05, 3.63) is 65.6 Å². The monoisotopic (exact) mass is 591 g/mol. The molecule has 0 saturated heterocycles. The van der Waals surface area contributed by atoms with E-state index in [1.54, 1.807) is 31.4 Å². The third kappa shape index (κ3) is 5.82. The summed E-state index contributed by atoms with van der Waals surface area (Å²) < 4.78 is 54.5. The van der Waals surface area contributed by atoms with E-state index in [-0.39, 0.29) is 33.2 Å². The molecule has 1 unspecified atom stereocenters. The number of aliphatic hydroxyl groups excluding tert-OH is 1. The average Bonchev–Trinajstić information content (AvgIpc) is 3.63. The second kappa shape index (κ2) is 10.9. The summed E-state index contributed by atoms with van der Waals surface area (Å²) in [6, 6.07) is 10.9. The van der Waals surface area contributed by atoms with Crippen LogP contribution in [0.2, 0.25) is 0 Å². The number of phenols is 1. The second-order valence-corrected chi connectivity index (χ2v) is 13.4. The highest BCUT2D eigenvalue weighted by Gasteiger charge is 2.31. The van der Waals surface area contributed by atoms with Gasteiger partial charge in [-0.25, -0.2) is 13.9 Å². The summed E-state index contributed by atoms with van der Waals surface area (Å²) in [6.07, 6.45) is -0.416. The number of nitrogens with zero attached hydrogens (tertiary/aromatic N) is 3. The van der Waals surface area contributed by atoms with Gasteiger partial charge < -0.3 is 20.8 Å². The summed E-state index contributed by atoms with van der Waals surface area (Å²) in [7, 11) is -2.57. The van der Waals surface area contributed by atoms with Crippen molar-refractivity contribution in [2.75, 3.05) is 24.1 Å². The average molecular weight is 592 g/mol.